The molecule has 0 saturated heterocycles. The van der Waals surface area contributed by atoms with Gasteiger partial charge >= 0.3 is 5.97 Å². The summed E-state index contributed by atoms with van der Waals surface area (Å²) in [5.41, 5.74) is 4.44. The van der Waals surface area contributed by atoms with Crippen LogP contribution in [0, 0.1) is 0 Å². The molecule has 1 aromatic heterocycles. The second-order valence-corrected chi connectivity index (χ2v) is 4.20. The second-order valence-electron chi connectivity index (χ2n) is 3.21. The quantitative estimate of drug-likeness (QED) is 0.526. The molecule has 0 radical (unpaired) electrons. The molecular formula is C10H11N3O4S. The van der Waals surface area contributed by atoms with E-state index in [2.05, 4.69) is 15.8 Å². The molecule has 0 bridgehead atoms. The van der Waals surface area contributed by atoms with E-state index in [0.29, 0.717) is 5.03 Å². The van der Waals surface area contributed by atoms with Crippen LogP contribution in [0.2, 0.25) is 0 Å². The van der Waals surface area contributed by atoms with E-state index in [1.165, 1.54) is 25.3 Å². The van der Waals surface area contributed by atoms with Crippen LogP contribution in [0.5, 0.6) is 0 Å². The number of carboxylic acids is 1. The topological polar surface area (TPSA) is 108 Å². The van der Waals surface area contributed by atoms with Crippen molar-refractivity contribution in [1.29, 1.82) is 0 Å². The summed E-state index contributed by atoms with van der Waals surface area (Å²) < 4.78 is 0. The number of aromatic nitrogens is 1. The lowest BCUT2D eigenvalue weighted by molar-refractivity contribution is -0.126. The van der Waals surface area contributed by atoms with E-state index in [9.17, 15) is 14.4 Å². The number of hydrogen-bond donors (Lipinski definition) is 3. The number of carboxylic acid groups (broad SMARTS) is 1. The number of nitrogens with one attached hydrogen (secondary N) is 2. The number of carbonyl (C=O) groups is 3. The van der Waals surface area contributed by atoms with Crippen LogP contribution in [0.25, 0.3) is 0 Å². The van der Waals surface area contributed by atoms with Gasteiger partial charge < -0.3 is 5.11 Å². The molecule has 3 N–H and O–H groups in total. The molecule has 0 aromatic carbocycles. The normalized spacial score (nSPS) is 9.61. The van der Waals surface area contributed by atoms with Crippen LogP contribution in [0.4, 0.5) is 0 Å². The maximum Gasteiger partial charge on any atom is 0.335 e. The molecule has 1 heterocycles. The smallest absolute Gasteiger partial charge is 0.335 e. The summed E-state index contributed by atoms with van der Waals surface area (Å²) >= 11 is 1.07. The molecule has 0 saturated carbocycles. The molecule has 0 aliphatic heterocycles. The Bertz CT molecular complexity index is 478. The number of nitrogens with zero attached hydrogens (tertiary/aromatic N) is 1. The highest BCUT2D eigenvalue weighted by Gasteiger charge is 2.07. The van der Waals surface area contributed by atoms with Crippen LogP contribution < -0.4 is 10.9 Å². The third-order valence-corrected chi connectivity index (χ3v) is 2.64. The van der Waals surface area contributed by atoms with E-state index < -0.39 is 11.9 Å². The van der Waals surface area contributed by atoms with Crippen LogP contribution >= 0.6 is 11.8 Å². The third-order valence-electron chi connectivity index (χ3n) is 1.71. The summed E-state index contributed by atoms with van der Waals surface area (Å²) in [4.78, 5) is 36.4. The van der Waals surface area contributed by atoms with Gasteiger partial charge in [0.05, 0.1) is 16.3 Å². The maximum atomic E-state index is 11.2. The first-order chi connectivity index (χ1) is 8.49. The van der Waals surface area contributed by atoms with Gasteiger partial charge in [0, 0.05) is 13.1 Å². The van der Waals surface area contributed by atoms with E-state index >= 15 is 0 Å². The van der Waals surface area contributed by atoms with Crippen molar-refractivity contribution < 1.29 is 19.5 Å². The van der Waals surface area contributed by atoms with E-state index in [4.69, 9.17) is 5.11 Å². The van der Waals surface area contributed by atoms with Gasteiger partial charge in [-0.15, -0.1) is 0 Å². The van der Waals surface area contributed by atoms with Crippen molar-refractivity contribution in [2.75, 3.05) is 5.75 Å². The molecule has 0 unspecified atom stereocenters. The molecule has 1 rings (SSSR count). The summed E-state index contributed by atoms with van der Waals surface area (Å²) in [5.74, 6) is -1.81. The van der Waals surface area contributed by atoms with Gasteiger partial charge in [-0.05, 0) is 12.1 Å². The number of aromatic carboxylic acids is 1. The zero-order valence-corrected chi connectivity index (χ0v) is 10.3. The van der Waals surface area contributed by atoms with Crippen molar-refractivity contribution in [1.82, 2.24) is 15.8 Å². The molecule has 0 spiro atoms. The van der Waals surface area contributed by atoms with Gasteiger partial charge in [0.2, 0.25) is 11.8 Å². The Kier molecular flexibility index (Phi) is 5.12. The van der Waals surface area contributed by atoms with E-state index in [1.807, 2.05) is 0 Å². The predicted octanol–water partition coefficient (Wildman–Crippen LogP) is 0.0392. The van der Waals surface area contributed by atoms with E-state index in [1.54, 1.807) is 0 Å². The van der Waals surface area contributed by atoms with Gasteiger partial charge in [-0.3, -0.25) is 20.4 Å². The zero-order valence-electron chi connectivity index (χ0n) is 9.47. The molecule has 0 aliphatic rings. The van der Waals surface area contributed by atoms with Gasteiger partial charge in [0.25, 0.3) is 0 Å². The van der Waals surface area contributed by atoms with Crippen molar-refractivity contribution in [2.24, 2.45) is 0 Å². The third kappa shape index (κ3) is 4.83. The first kappa shape index (κ1) is 14.0. The summed E-state index contributed by atoms with van der Waals surface area (Å²) in [6.45, 7) is 1.27. The van der Waals surface area contributed by atoms with Gasteiger partial charge in [0.15, 0.2) is 0 Å². The fourth-order valence-corrected chi connectivity index (χ4v) is 1.65. The Morgan fingerprint density at radius 2 is 2.11 bits per heavy atom. The highest BCUT2D eigenvalue weighted by atomic mass is 32.2. The number of carbonyl (C=O) groups excluding carboxylic acids is 2. The average molecular weight is 269 g/mol. The molecule has 0 fully saturated rings. The number of hydrazine groups is 1. The summed E-state index contributed by atoms with van der Waals surface area (Å²) in [6, 6.07) is 2.74. The molecule has 96 valence electrons. The van der Waals surface area contributed by atoms with Crippen LogP contribution in [0.15, 0.2) is 23.4 Å². The second kappa shape index (κ2) is 6.60. The van der Waals surface area contributed by atoms with Crippen molar-refractivity contribution >= 4 is 29.5 Å². The van der Waals surface area contributed by atoms with Crippen LogP contribution in [-0.2, 0) is 9.59 Å². The first-order valence-electron chi connectivity index (χ1n) is 4.86. The SMILES string of the molecule is CC(=O)NNC(=O)CSc1cc(C(=O)O)ccn1. The van der Waals surface area contributed by atoms with Crippen LogP contribution in [-0.4, -0.2) is 33.6 Å². The average Bonchev–Trinajstić information content (AvgIpc) is 2.34. The fraction of sp³-hybridized carbons (Fsp3) is 0.200. The van der Waals surface area contributed by atoms with E-state index in [0.717, 1.165) is 11.8 Å². The Labute approximate surface area is 107 Å². The van der Waals surface area contributed by atoms with E-state index in [-0.39, 0.29) is 17.2 Å². The fourth-order valence-electron chi connectivity index (χ4n) is 0.955. The van der Waals surface area contributed by atoms with Gasteiger partial charge in [-0.2, -0.15) is 0 Å². The molecule has 1 aromatic rings. The largest absolute Gasteiger partial charge is 0.478 e. The Morgan fingerprint density at radius 3 is 2.72 bits per heavy atom. The number of amides is 2. The van der Waals surface area contributed by atoms with Gasteiger partial charge in [-0.25, -0.2) is 9.78 Å². The minimum absolute atomic E-state index is 0.0242. The minimum atomic E-state index is -1.05. The Hall–Kier alpha value is -2.09. The Balaban J connectivity index is 2.48. The molecule has 7 nitrogen and oxygen atoms in total. The molecule has 0 aliphatic carbocycles. The van der Waals surface area contributed by atoms with Crippen molar-refractivity contribution in [3.05, 3.63) is 23.9 Å². The molecule has 8 heteroatoms. The highest BCUT2D eigenvalue weighted by molar-refractivity contribution is 7.99. The summed E-state index contributed by atoms with van der Waals surface area (Å²) in [7, 11) is 0. The van der Waals surface area contributed by atoms with Crippen molar-refractivity contribution in [3.8, 4) is 0 Å². The number of thioether (sulfide) groups is 1. The maximum absolute atomic E-state index is 11.2. The lowest BCUT2D eigenvalue weighted by atomic mass is 10.3. The molecule has 2 amide bonds. The van der Waals surface area contributed by atoms with Crippen LogP contribution in [0.1, 0.15) is 17.3 Å². The summed E-state index contributed by atoms with van der Waals surface area (Å²) in [6.07, 6.45) is 1.36. The lowest BCUT2D eigenvalue weighted by Gasteiger charge is -2.04. The molecule has 18 heavy (non-hydrogen) atoms. The standard InChI is InChI=1S/C10H11N3O4S/c1-6(14)12-13-8(15)5-18-9-4-7(10(16)17)2-3-11-9/h2-4H,5H2,1H3,(H,12,14)(H,13,15)(H,16,17). The number of pyridine rings is 1. The van der Waals surface area contributed by atoms with Crippen LogP contribution in [0.3, 0.4) is 0 Å². The number of rotatable bonds is 4. The monoisotopic (exact) mass is 269 g/mol. The minimum Gasteiger partial charge on any atom is -0.478 e. The van der Waals surface area contributed by atoms with Crippen molar-refractivity contribution in [2.45, 2.75) is 11.9 Å². The highest BCUT2D eigenvalue weighted by Crippen LogP contribution is 2.15. The van der Waals surface area contributed by atoms with Crippen molar-refractivity contribution in [3.63, 3.8) is 0 Å². The number of hydrogen-bond acceptors (Lipinski definition) is 5. The zero-order chi connectivity index (χ0) is 13.5. The lowest BCUT2D eigenvalue weighted by Crippen LogP contribution is -2.41. The Morgan fingerprint density at radius 1 is 1.39 bits per heavy atom. The molecule has 0 atom stereocenters. The van der Waals surface area contributed by atoms with Gasteiger partial charge in [0.1, 0.15) is 0 Å². The molecular weight excluding hydrogens is 258 g/mol. The first-order valence-corrected chi connectivity index (χ1v) is 5.85. The van der Waals surface area contributed by atoms with Gasteiger partial charge in [-0.1, -0.05) is 11.8 Å². The summed E-state index contributed by atoms with van der Waals surface area (Å²) in [5, 5.41) is 9.19. The predicted molar refractivity (Wildman–Crippen MR) is 63.9 cm³/mol.